The van der Waals surface area contributed by atoms with Gasteiger partial charge in [0, 0.05) is 0 Å². The van der Waals surface area contributed by atoms with Crippen LogP contribution in [0.4, 0.5) is 17.1 Å². The summed E-state index contributed by atoms with van der Waals surface area (Å²) in [7, 11) is -5.25. The van der Waals surface area contributed by atoms with Gasteiger partial charge >= 0.3 is 27.2 Å². The van der Waals surface area contributed by atoms with Crippen molar-refractivity contribution in [2.24, 2.45) is 0 Å². The molecule has 0 fully saturated rings. The molecular weight excluding hydrogens is 326 g/mol. The summed E-state index contributed by atoms with van der Waals surface area (Å²) in [4.78, 5) is 26.2. The van der Waals surface area contributed by atoms with E-state index in [1.807, 2.05) is 0 Å². The van der Waals surface area contributed by atoms with E-state index >= 15 is 0 Å². The highest BCUT2D eigenvalue weighted by molar-refractivity contribution is 7.86. The zero-order valence-corrected chi connectivity index (χ0v) is 10.5. The van der Waals surface area contributed by atoms with Gasteiger partial charge in [-0.2, -0.15) is 8.42 Å². The van der Waals surface area contributed by atoms with Crippen molar-refractivity contribution in [3.8, 4) is 0 Å². The third-order valence-electron chi connectivity index (χ3n) is 1.99. The summed E-state index contributed by atoms with van der Waals surface area (Å²) < 4.78 is 30.7. The van der Waals surface area contributed by atoms with Crippen LogP contribution in [0.15, 0.2) is 11.0 Å². The number of hydrogen-bond acceptors (Lipinski definition) is 8. The molecule has 0 amide bonds. The molecule has 1 aromatic carbocycles. The maximum atomic E-state index is 11.0. The van der Waals surface area contributed by atoms with E-state index in [9.17, 15) is 38.8 Å². The maximum Gasteiger partial charge on any atom is 0.425 e. The molecule has 0 atom stereocenters. The summed E-state index contributed by atoms with van der Waals surface area (Å²) in [6.45, 7) is 0. The van der Waals surface area contributed by atoms with Crippen molar-refractivity contribution >= 4 is 38.8 Å². The molecule has 1 rings (SSSR count). The molecular formula is C6H2ClN3O9S. The monoisotopic (exact) mass is 327 g/mol. The zero-order valence-electron chi connectivity index (χ0n) is 8.92. The lowest BCUT2D eigenvalue weighted by Crippen LogP contribution is -2.09. The molecule has 0 aliphatic heterocycles. The molecule has 14 heteroatoms. The Balaban J connectivity index is 4.11. The Bertz CT molecular complexity index is 743. The van der Waals surface area contributed by atoms with E-state index in [4.69, 9.17) is 16.2 Å². The van der Waals surface area contributed by atoms with Crippen LogP contribution in [0.1, 0.15) is 0 Å². The summed E-state index contributed by atoms with van der Waals surface area (Å²) in [5.74, 6) is 0. The number of nitrogens with zero attached hydrogens (tertiary/aromatic N) is 3. The van der Waals surface area contributed by atoms with Gasteiger partial charge in [-0.15, -0.1) is 0 Å². The molecule has 20 heavy (non-hydrogen) atoms. The standard InChI is InChI=1S/C6H2ClN3O9S/c7-2-1-3(20(17,18)19)5(9(13)14)6(10(15)16)4(2)8(11)12/h1H,(H,17,18,19). The van der Waals surface area contributed by atoms with Crippen molar-refractivity contribution < 1.29 is 27.7 Å². The van der Waals surface area contributed by atoms with Gasteiger partial charge in [0.15, 0.2) is 4.90 Å². The first kappa shape index (κ1) is 15.7. The van der Waals surface area contributed by atoms with Crippen molar-refractivity contribution in [2.45, 2.75) is 4.90 Å². The highest BCUT2D eigenvalue weighted by Gasteiger charge is 2.44. The van der Waals surface area contributed by atoms with E-state index in [-0.39, 0.29) is 6.07 Å². The summed E-state index contributed by atoms with van der Waals surface area (Å²) in [6, 6.07) is 0.195. The Kier molecular flexibility index (Phi) is 3.88. The van der Waals surface area contributed by atoms with Gasteiger partial charge in [0.25, 0.3) is 0 Å². The van der Waals surface area contributed by atoms with Crippen LogP contribution in [0, 0.1) is 30.3 Å². The predicted molar refractivity (Wildman–Crippen MR) is 61.2 cm³/mol. The minimum absolute atomic E-state index is 0.195. The lowest BCUT2D eigenvalue weighted by atomic mass is 10.2. The molecule has 0 bridgehead atoms. The van der Waals surface area contributed by atoms with Crippen molar-refractivity contribution in [3.63, 3.8) is 0 Å². The van der Waals surface area contributed by atoms with Gasteiger partial charge in [0.1, 0.15) is 5.02 Å². The molecule has 0 saturated carbocycles. The molecule has 0 saturated heterocycles. The summed E-state index contributed by atoms with van der Waals surface area (Å²) >= 11 is 5.31. The number of halogens is 1. The minimum Gasteiger partial charge on any atom is -0.282 e. The van der Waals surface area contributed by atoms with Crippen LogP contribution in [0.5, 0.6) is 0 Å². The quantitative estimate of drug-likeness (QED) is 0.483. The molecule has 1 aromatic rings. The van der Waals surface area contributed by atoms with Crippen molar-refractivity contribution in [1.29, 1.82) is 0 Å². The normalized spacial score (nSPS) is 11.1. The Morgan fingerprint density at radius 2 is 1.35 bits per heavy atom. The molecule has 0 heterocycles. The topological polar surface area (TPSA) is 184 Å². The second-order valence-electron chi connectivity index (χ2n) is 3.15. The molecule has 0 unspecified atom stereocenters. The van der Waals surface area contributed by atoms with Crippen LogP contribution in [-0.2, 0) is 10.1 Å². The molecule has 0 radical (unpaired) electrons. The highest BCUT2D eigenvalue weighted by Crippen LogP contribution is 2.45. The van der Waals surface area contributed by atoms with Crippen molar-refractivity contribution in [2.75, 3.05) is 0 Å². The van der Waals surface area contributed by atoms with Gasteiger partial charge in [-0.1, -0.05) is 11.6 Å². The van der Waals surface area contributed by atoms with Gasteiger partial charge < -0.3 is 0 Å². The number of rotatable bonds is 4. The Morgan fingerprint density at radius 3 is 1.65 bits per heavy atom. The van der Waals surface area contributed by atoms with E-state index in [2.05, 4.69) is 0 Å². The Labute approximate surface area is 113 Å². The van der Waals surface area contributed by atoms with Gasteiger partial charge in [-0.05, 0) is 6.07 Å². The maximum absolute atomic E-state index is 11.0. The average molecular weight is 328 g/mol. The number of benzene rings is 1. The molecule has 0 aliphatic carbocycles. The molecule has 0 spiro atoms. The van der Waals surface area contributed by atoms with E-state index in [0.29, 0.717) is 0 Å². The smallest absolute Gasteiger partial charge is 0.282 e. The van der Waals surface area contributed by atoms with E-state index in [1.165, 1.54) is 0 Å². The first-order valence-electron chi connectivity index (χ1n) is 4.25. The van der Waals surface area contributed by atoms with E-state index in [1.54, 1.807) is 0 Å². The fourth-order valence-electron chi connectivity index (χ4n) is 1.31. The third-order valence-corrected chi connectivity index (χ3v) is 3.15. The van der Waals surface area contributed by atoms with Crippen LogP contribution in [0.3, 0.4) is 0 Å². The number of nitro benzene ring substituents is 3. The Hall–Kier alpha value is -2.38. The largest absolute Gasteiger partial charge is 0.425 e. The van der Waals surface area contributed by atoms with Crippen LogP contribution >= 0.6 is 11.6 Å². The second kappa shape index (κ2) is 4.95. The fourth-order valence-corrected chi connectivity index (χ4v) is 2.33. The zero-order chi connectivity index (χ0) is 15.8. The first-order chi connectivity index (χ1) is 8.98. The van der Waals surface area contributed by atoms with Crippen LogP contribution in [-0.4, -0.2) is 27.7 Å². The van der Waals surface area contributed by atoms with Crippen LogP contribution in [0.2, 0.25) is 5.02 Å². The molecule has 0 aliphatic rings. The third kappa shape index (κ3) is 2.63. The lowest BCUT2D eigenvalue weighted by molar-refractivity contribution is -0.442. The Morgan fingerprint density at radius 1 is 0.950 bits per heavy atom. The minimum atomic E-state index is -5.25. The van der Waals surface area contributed by atoms with Crippen molar-refractivity contribution in [1.82, 2.24) is 0 Å². The van der Waals surface area contributed by atoms with Gasteiger partial charge in [-0.3, -0.25) is 34.9 Å². The molecule has 0 aromatic heterocycles. The van der Waals surface area contributed by atoms with Crippen molar-refractivity contribution in [3.05, 3.63) is 41.4 Å². The summed E-state index contributed by atoms with van der Waals surface area (Å²) in [5, 5.41) is 31.1. The SMILES string of the molecule is O=[N+]([O-])c1c(Cl)cc(S(=O)(=O)O)c([N+](=O)[O-])c1[N+](=O)[O-]. The lowest BCUT2D eigenvalue weighted by Gasteiger charge is -2.03. The second-order valence-corrected chi connectivity index (χ2v) is 4.95. The van der Waals surface area contributed by atoms with E-state index in [0.717, 1.165) is 0 Å². The van der Waals surface area contributed by atoms with Crippen LogP contribution < -0.4 is 0 Å². The van der Waals surface area contributed by atoms with E-state index < -0.39 is 51.9 Å². The number of nitro groups is 3. The molecule has 12 nitrogen and oxygen atoms in total. The molecule has 108 valence electrons. The highest BCUT2D eigenvalue weighted by atomic mass is 35.5. The van der Waals surface area contributed by atoms with Crippen LogP contribution in [0.25, 0.3) is 0 Å². The predicted octanol–water partition coefficient (Wildman–Crippen LogP) is 1.31. The van der Waals surface area contributed by atoms with Gasteiger partial charge in [0.2, 0.25) is 0 Å². The summed E-state index contributed by atoms with van der Waals surface area (Å²) in [5.41, 5.74) is -4.93. The summed E-state index contributed by atoms with van der Waals surface area (Å²) in [6.07, 6.45) is 0. The molecule has 1 N–H and O–H groups in total. The fraction of sp³-hybridized carbons (Fsp3) is 0. The first-order valence-corrected chi connectivity index (χ1v) is 6.07. The van der Waals surface area contributed by atoms with Gasteiger partial charge in [0.05, 0.1) is 14.8 Å². The number of hydrogen-bond donors (Lipinski definition) is 1. The average Bonchev–Trinajstić information content (AvgIpc) is 2.24. The van der Waals surface area contributed by atoms with Gasteiger partial charge in [-0.25, -0.2) is 0 Å².